The molecule has 418 valence electrons. The Hall–Kier alpha value is -1.59. The third kappa shape index (κ3) is 41.4. The molecule has 6 N–H and O–H groups in total. The van der Waals surface area contributed by atoms with Crippen LogP contribution in [-0.4, -0.2) is 87.5 Å². The van der Waals surface area contributed by atoms with Gasteiger partial charge >= 0.3 is 0 Å². The summed E-state index contributed by atoms with van der Waals surface area (Å²) in [5, 5.41) is 54.4. The Bertz CT molecular complexity index is 1210. The Morgan fingerprint density at radius 3 is 1.21 bits per heavy atom. The van der Waals surface area contributed by atoms with Crippen LogP contribution in [0.4, 0.5) is 0 Å². The first-order chi connectivity index (χ1) is 34.8. The molecule has 0 radical (unpaired) electrons. The molecule has 0 aliphatic carbocycles. The van der Waals surface area contributed by atoms with Gasteiger partial charge in [-0.15, -0.1) is 0 Å². The molecule has 1 rings (SSSR count). The van der Waals surface area contributed by atoms with E-state index in [0.717, 1.165) is 44.9 Å². The molecular formula is C62H117NO8. The molecule has 0 bridgehead atoms. The normalized spacial score (nSPS) is 19.5. The monoisotopic (exact) mass is 1000 g/mol. The number of aliphatic hydroxyl groups is 5. The molecule has 1 aliphatic rings. The van der Waals surface area contributed by atoms with Crippen molar-refractivity contribution >= 4 is 5.91 Å². The lowest BCUT2D eigenvalue weighted by Crippen LogP contribution is -2.60. The number of allylic oxidation sites excluding steroid dienone is 5. The van der Waals surface area contributed by atoms with Crippen molar-refractivity contribution in [2.45, 2.75) is 339 Å². The first-order valence-electron chi connectivity index (χ1n) is 30.7. The number of aliphatic hydroxyl groups excluding tert-OH is 5. The van der Waals surface area contributed by atoms with Crippen molar-refractivity contribution in [3.63, 3.8) is 0 Å². The molecule has 0 saturated carbocycles. The molecule has 0 aromatic rings. The van der Waals surface area contributed by atoms with Crippen LogP contribution in [0, 0.1) is 0 Å². The van der Waals surface area contributed by atoms with Crippen molar-refractivity contribution < 1.29 is 39.8 Å². The van der Waals surface area contributed by atoms with Crippen LogP contribution in [0.5, 0.6) is 0 Å². The first kappa shape index (κ1) is 67.4. The van der Waals surface area contributed by atoms with E-state index in [9.17, 15) is 30.3 Å². The largest absolute Gasteiger partial charge is 0.394 e. The predicted octanol–water partition coefficient (Wildman–Crippen LogP) is 15.5. The lowest BCUT2D eigenvalue weighted by molar-refractivity contribution is -0.302. The van der Waals surface area contributed by atoms with Crippen molar-refractivity contribution in [1.82, 2.24) is 5.32 Å². The summed E-state index contributed by atoms with van der Waals surface area (Å²) in [7, 11) is 0. The highest BCUT2D eigenvalue weighted by atomic mass is 16.7. The molecule has 1 fully saturated rings. The molecule has 7 atom stereocenters. The molecule has 9 nitrogen and oxygen atoms in total. The Morgan fingerprint density at radius 2 is 0.831 bits per heavy atom. The van der Waals surface area contributed by atoms with Crippen LogP contribution < -0.4 is 5.32 Å². The molecule has 7 unspecified atom stereocenters. The van der Waals surface area contributed by atoms with E-state index >= 15 is 0 Å². The average molecular weight is 1000 g/mol. The van der Waals surface area contributed by atoms with Gasteiger partial charge in [-0.3, -0.25) is 4.79 Å². The SMILES string of the molecule is CCCCCCC/C=C\C/C=C\CCCCCCCCCCCCCCCCCCCCCCCCCC(=O)NC(COC1OC(CO)C(O)C(O)C1O)C(O)/C=C/CCCCCCCCCCCCC. The molecule has 9 heteroatoms. The van der Waals surface area contributed by atoms with Gasteiger partial charge in [-0.25, -0.2) is 0 Å². The molecule has 0 spiro atoms. The van der Waals surface area contributed by atoms with Crippen molar-refractivity contribution in [2.24, 2.45) is 0 Å². The number of carbonyl (C=O) groups excluding carboxylic acids is 1. The molecule has 1 aliphatic heterocycles. The van der Waals surface area contributed by atoms with Crippen LogP contribution in [0.15, 0.2) is 36.5 Å². The third-order valence-corrected chi connectivity index (χ3v) is 14.7. The van der Waals surface area contributed by atoms with Crippen molar-refractivity contribution in [3.8, 4) is 0 Å². The minimum Gasteiger partial charge on any atom is -0.394 e. The first-order valence-corrected chi connectivity index (χ1v) is 30.7. The maximum absolute atomic E-state index is 13.0. The van der Waals surface area contributed by atoms with Crippen LogP contribution in [0.25, 0.3) is 0 Å². The number of rotatable bonds is 53. The van der Waals surface area contributed by atoms with Crippen LogP contribution in [0.3, 0.4) is 0 Å². The molecule has 71 heavy (non-hydrogen) atoms. The highest BCUT2D eigenvalue weighted by Crippen LogP contribution is 2.23. The minimum atomic E-state index is -1.56. The zero-order chi connectivity index (χ0) is 51.5. The summed E-state index contributed by atoms with van der Waals surface area (Å²) in [6, 6.07) is -0.802. The van der Waals surface area contributed by atoms with Gasteiger partial charge in [-0.2, -0.15) is 0 Å². The molecule has 1 heterocycles. The van der Waals surface area contributed by atoms with Gasteiger partial charge in [0.1, 0.15) is 24.4 Å². The Labute approximate surface area is 438 Å². The van der Waals surface area contributed by atoms with Gasteiger partial charge < -0.3 is 40.3 Å². The molecule has 1 saturated heterocycles. The maximum Gasteiger partial charge on any atom is 0.220 e. The summed E-state index contributed by atoms with van der Waals surface area (Å²) >= 11 is 0. The summed E-state index contributed by atoms with van der Waals surface area (Å²) in [6.45, 7) is 3.78. The third-order valence-electron chi connectivity index (χ3n) is 14.7. The summed E-state index contributed by atoms with van der Waals surface area (Å²) in [4.78, 5) is 13.0. The van der Waals surface area contributed by atoms with E-state index in [1.165, 1.54) is 231 Å². The number of amides is 1. The van der Waals surface area contributed by atoms with Crippen LogP contribution >= 0.6 is 0 Å². The van der Waals surface area contributed by atoms with E-state index in [2.05, 4.69) is 43.5 Å². The van der Waals surface area contributed by atoms with Crippen molar-refractivity contribution in [2.75, 3.05) is 13.2 Å². The molecule has 1 amide bonds. The maximum atomic E-state index is 13.0. The quantitative estimate of drug-likeness (QED) is 0.0261. The second-order valence-corrected chi connectivity index (χ2v) is 21.5. The van der Waals surface area contributed by atoms with Gasteiger partial charge in [-0.1, -0.05) is 275 Å². The Morgan fingerprint density at radius 1 is 0.479 bits per heavy atom. The zero-order valence-electron chi connectivity index (χ0n) is 46.5. The fourth-order valence-corrected chi connectivity index (χ4v) is 9.84. The Kier molecular flexibility index (Phi) is 49.3. The number of hydrogen-bond donors (Lipinski definition) is 6. The number of ether oxygens (including phenoxy) is 2. The smallest absolute Gasteiger partial charge is 0.220 e. The summed E-state index contributed by atoms with van der Waals surface area (Å²) < 4.78 is 11.3. The summed E-state index contributed by atoms with van der Waals surface area (Å²) in [6.07, 6.45) is 61.0. The topological polar surface area (TPSA) is 149 Å². The standard InChI is InChI=1S/C62H117NO8/c1-3-5-7-9-11-13-15-17-18-19-20-21-22-23-24-25-26-27-28-29-30-31-32-33-34-35-36-37-38-40-42-44-46-48-50-52-58(66)63-55(54-70-62-61(69)60(68)59(67)57(53-64)71-62)56(65)51-49-47-45-43-41-39-16-14-12-10-8-6-4-2/h15,17,19-20,49,51,55-57,59-62,64-65,67-69H,3-14,16,18,21-48,50,52-54H2,1-2H3,(H,63,66)/b17-15-,20-19-,51-49+. The fourth-order valence-electron chi connectivity index (χ4n) is 9.84. The second kappa shape index (κ2) is 51.9. The van der Waals surface area contributed by atoms with E-state index < -0.39 is 49.5 Å². The van der Waals surface area contributed by atoms with Gasteiger partial charge in [-0.05, 0) is 51.4 Å². The van der Waals surface area contributed by atoms with Gasteiger partial charge in [0.25, 0.3) is 0 Å². The average Bonchev–Trinajstić information content (AvgIpc) is 3.37. The van der Waals surface area contributed by atoms with E-state index in [0.29, 0.717) is 6.42 Å². The van der Waals surface area contributed by atoms with Crippen molar-refractivity contribution in [3.05, 3.63) is 36.5 Å². The number of carbonyl (C=O) groups is 1. The predicted molar refractivity (Wildman–Crippen MR) is 300 cm³/mol. The van der Waals surface area contributed by atoms with Crippen molar-refractivity contribution in [1.29, 1.82) is 0 Å². The van der Waals surface area contributed by atoms with E-state index in [-0.39, 0.29) is 12.5 Å². The summed E-state index contributed by atoms with van der Waals surface area (Å²) in [5.74, 6) is -0.173. The number of unbranched alkanes of at least 4 members (excludes halogenated alkanes) is 39. The van der Waals surface area contributed by atoms with Gasteiger partial charge in [0.05, 0.1) is 25.4 Å². The lowest BCUT2D eigenvalue weighted by Gasteiger charge is -2.40. The molecule has 0 aromatic carbocycles. The number of nitrogens with one attached hydrogen (secondary N) is 1. The van der Waals surface area contributed by atoms with Gasteiger partial charge in [0.15, 0.2) is 6.29 Å². The van der Waals surface area contributed by atoms with E-state index in [1.54, 1.807) is 6.08 Å². The summed E-state index contributed by atoms with van der Waals surface area (Å²) in [5.41, 5.74) is 0. The van der Waals surface area contributed by atoms with Crippen LogP contribution in [0.1, 0.15) is 296 Å². The van der Waals surface area contributed by atoms with Crippen LogP contribution in [-0.2, 0) is 14.3 Å². The van der Waals surface area contributed by atoms with E-state index in [4.69, 9.17) is 9.47 Å². The number of hydrogen-bond acceptors (Lipinski definition) is 8. The minimum absolute atomic E-state index is 0.173. The lowest BCUT2D eigenvalue weighted by atomic mass is 9.99. The second-order valence-electron chi connectivity index (χ2n) is 21.5. The molecular weight excluding hydrogens is 887 g/mol. The Balaban J connectivity index is 2.07. The van der Waals surface area contributed by atoms with Gasteiger partial charge in [0.2, 0.25) is 5.91 Å². The van der Waals surface area contributed by atoms with Crippen LogP contribution in [0.2, 0.25) is 0 Å². The van der Waals surface area contributed by atoms with E-state index in [1.807, 2.05) is 6.08 Å². The fraction of sp³-hybridized carbons (Fsp3) is 0.887. The zero-order valence-corrected chi connectivity index (χ0v) is 46.5. The highest BCUT2D eigenvalue weighted by Gasteiger charge is 2.44. The van der Waals surface area contributed by atoms with Gasteiger partial charge in [0, 0.05) is 6.42 Å². The molecule has 0 aromatic heterocycles. The highest BCUT2D eigenvalue weighted by molar-refractivity contribution is 5.76.